The summed E-state index contributed by atoms with van der Waals surface area (Å²) in [5.74, 6) is -1.13. The van der Waals surface area contributed by atoms with Gasteiger partial charge in [-0.2, -0.15) is 0 Å². The molecule has 0 spiro atoms. The molecule has 0 atom stereocenters. The first-order valence-corrected chi connectivity index (χ1v) is 8.84. The molecule has 0 aliphatic carbocycles. The van der Waals surface area contributed by atoms with Gasteiger partial charge in [0, 0.05) is 30.6 Å². The highest BCUT2D eigenvalue weighted by Gasteiger charge is 2.32. The third kappa shape index (κ3) is 5.68. The number of amides is 3. The van der Waals surface area contributed by atoms with E-state index in [-0.39, 0.29) is 56.3 Å². The van der Waals surface area contributed by atoms with Crippen LogP contribution in [0.5, 0.6) is 0 Å². The molecule has 0 saturated carbocycles. The Hall–Kier alpha value is -2.61. The van der Waals surface area contributed by atoms with E-state index in [2.05, 4.69) is 4.74 Å². The molecule has 0 N–H and O–H groups in total. The Morgan fingerprint density at radius 2 is 1.85 bits per heavy atom. The second-order valence-corrected chi connectivity index (χ2v) is 6.65. The number of carbonyl (C=O) groups is 4. The number of anilines is 1. The monoisotopic (exact) mass is 395 g/mol. The summed E-state index contributed by atoms with van der Waals surface area (Å²) >= 11 is 5.85. The molecule has 1 aromatic carbocycles. The van der Waals surface area contributed by atoms with Gasteiger partial charge in [0.1, 0.15) is 13.2 Å². The summed E-state index contributed by atoms with van der Waals surface area (Å²) < 4.78 is 4.52. The van der Waals surface area contributed by atoms with E-state index in [1.54, 1.807) is 24.3 Å². The molecule has 0 radical (unpaired) electrons. The molecule has 27 heavy (non-hydrogen) atoms. The van der Waals surface area contributed by atoms with Gasteiger partial charge < -0.3 is 14.5 Å². The second-order valence-electron chi connectivity index (χ2n) is 6.21. The zero-order valence-electron chi connectivity index (χ0n) is 15.3. The van der Waals surface area contributed by atoms with Crippen molar-refractivity contribution >= 4 is 41.0 Å². The number of carbonyl (C=O) groups excluding carboxylic acids is 4. The SMILES string of the molecule is COC(=O)CCCC(=O)N(C)CC(=O)N1CC(=O)N(c2ccc(Cl)cc2)C1. The molecule has 1 aliphatic rings. The van der Waals surface area contributed by atoms with E-state index in [1.807, 2.05) is 0 Å². The Morgan fingerprint density at radius 3 is 2.48 bits per heavy atom. The molecule has 8 nitrogen and oxygen atoms in total. The Bertz CT molecular complexity index is 722. The van der Waals surface area contributed by atoms with Crippen molar-refractivity contribution in [3.8, 4) is 0 Å². The number of likely N-dealkylation sites (N-methyl/N-ethyl adjacent to an activating group) is 1. The van der Waals surface area contributed by atoms with Crippen molar-refractivity contribution in [1.82, 2.24) is 9.80 Å². The Labute approximate surface area is 162 Å². The van der Waals surface area contributed by atoms with Crippen LogP contribution in [0.1, 0.15) is 19.3 Å². The van der Waals surface area contributed by atoms with Gasteiger partial charge in [0.25, 0.3) is 0 Å². The van der Waals surface area contributed by atoms with E-state index in [4.69, 9.17) is 11.6 Å². The van der Waals surface area contributed by atoms with Crippen LogP contribution < -0.4 is 4.90 Å². The molecule has 0 bridgehead atoms. The van der Waals surface area contributed by atoms with E-state index in [0.717, 1.165) is 0 Å². The fourth-order valence-corrected chi connectivity index (χ4v) is 2.76. The third-order valence-electron chi connectivity index (χ3n) is 4.23. The molecular weight excluding hydrogens is 374 g/mol. The quantitative estimate of drug-likeness (QED) is 0.649. The maximum Gasteiger partial charge on any atom is 0.305 e. The summed E-state index contributed by atoms with van der Waals surface area (Å²) in [5, 5.41) is 0.561. The largest absolute Gasteiger partial charge is 0.469 e. The maximum absolute atomic E-state index is 12.4. The number of nitrogens with zero attached hydrogens (tertiary/aromatic N) is 3. The van der Waals surface area contributed by atoms with Crippen molar-refractivity contribution in [2.75, 3.05) is 38.8 Å². The molecule has 1 aliphatic heterocycles. The molecular formula is C18H22ClN3O5. The number of esters is 1. The van der Waals surface area contributed by atoms with Gasteiger partial charge in [-0.3, -0.25) is 24.1 Å². The normalized spacial score (nSPS) is 13.7. The summed E-state index contributed by atoms with van der Waals surface area (Å²) in [4.78, 5) is 51.9. The topological polar surface area (TPSA) is 87.2 Å². The second kappa shape index (κ2) is 9.36. The first-order chi connectivity index (χ1) is 12.8. The van der Waals surface area contributed by atoms with Crippen LogP contribution >= 0.6 is 11.6 Å². The van der Waals surface area contributed by atoms with Gasteiger partial charge in [0.2, 0.25) is 17.7 Å². The lowest BCUT2D eigenvalue weighted by molar-refractivity contribution is -0.141. The van der Waals surface area contributed by atoms with Gasteiger partial charge in [-0.1, -0.05) is 11.6 Å². The number of hydrogen-bond donors (Lipinski definition) is 0. The zero-order chi connectivity index (χ0) is 20.0. The summed E-state index contributed by atoms with van der Waals surface area (Å²) in [7, 11) is 2.81. The minimum atomic E-state index is -0.376. The van der Waals surface area contributed by atoms with Crippen LogP contribution in [0.3, 0.4) is 0 Å². The van der Waals surface area contributed by atoms with Gasteiger partial charge in [-0.05, 0) is 30.7 Å². The Kier molecular flexibility index (Phi) is 7.18. The van der Waals surface area contributed by atoms with Gasteiger partial charge in [-0.15, -0.1) is 0 Å². The highest BCUT2D eigenvalue weighted by molar-refractivity contribution is 6.30. The lowest BCUT2D eigenvalue weighted by Gasteiger charge is -2.22. The van der Waals surface area contributed by atoms with Crippen LogP contribution in [0.15, 0.2) is 24.3 Å². The van der Waals surface area contributed by atoms with Crippen LogP contribution in [0.25, 0.3) is 0 Å². The highest BCUT2D eigenvalue weighted by atomic mass is 35.5. The molecule has 0 aromatic heterocycles. The van der Waals surface area contributed by atoms with Crippen molar-refractivity contribution < 1.29 is 23.9 Å². The summed E-state index contributed by atoms with van der Waals surface area (Å²) in [5.41, 5.74) is 0.659. The van der Waals surface area contributed by atoms with Crippen molar-refractivity contribution in [3.05, 3.63) is 29.3 Å². The van der Waals surface area contributed by atoms with Crippen molar-refractivity contribution in [2.45, 2.75) is 19.3 Å². The molecule has 3 amide bonds. The van der Waals surface area contributed by atoms with Crippen molar-refractivity contribution in [3.63, 3.8) is 0 Å². The number of hydrogen-bond acceptors (Lipinski definition) is 5. The van der Waals surface area contributed by atoms with Gasteiger partial charge >= 0.3 is 5.97 Å². The average Bonchev–Trinajstić information content (AvgIpc) is 3.03. The first-order valence-electron chi connectivity index (χ1n) is 8.46. The average molecular weight is 396 g/mol. The van der Waals surface area contributed by atoms with Gasteiger partial charge in [0.15, 0.2) is 0 Å². The fraction of sp³-hybridized carbons (Fsp3) is 0.444. The lowest BCUT2D eigenvalue weighted by Crippen LogP contribution is -2.40. The number of methoxy groups -OCH3 is 1. The molecule has 1 fully saturated rings. The number of benzene rings is 1. The highest BCUT2D eigenvalue weighted by Crippen LogP contribution is 2.21. The summed E-state index contributed by atoms with van der Waals surface area (Å²) in [6.07, 6.45) is 0.659. The molecule has 1 heterocycles. The minimum absolute atomic E-state index is 0.0359. The minimum Gasteiger partial charge on any atom is -0.469 e. The molecule has 1 aromatic rings. The number of rotatable bonds is 7. The summed E-state index contributed by atoms with van der Waals surface area (Å²) in [6.45, 7) is -0.0334. The van der Waals surface area contributed by atoms with E-state index in [0.29, 0.717) is 17.1 Å². The fourth-order valence-electron chi connectivity index (χ4n) is 2.63. The van der Waals surface area contributed by atoms with E-state index < -0.39 is 0 Å². The van der Waals surface area contributed by atoms with Crippen LogP contribution in [0.2, 0.25) is 5.02 Å². The van der Waals surface area contributed by atoms with E-state index in [9.17, 15) is 19.2 Å². The predicted octanol–water partition coefficient (Wildman–Crippen LogP) is 1.27. The third-order valence-corrected chi connectivity index (χ3v) is 4.48. The van der Waals surface area contributed by atoms with Crippen LogP contribution in [-0.4, -0.2) is 67.4 Å². The van der Waals surface area contributed by atoms with E-state index >= 15 is 0 Å². The molecule has 9 heteroatoms. The number of ether oxygens (including phenoxy) is 1. The Balaban J connectivity index is 1.85. The van der Waals surface area contributed by atoms with E-state index in [1.165, 1.54) is 28.9 Å². The molecule has 0 unspecified atom stereocenters. The maximum atomic E-state index is 12.4. The first kappa shape index (κ1) is 20.7. The molecule has 1 saturated heterocycles. The zero-order valence-corrected chi connectivity index (χ0v) is 16.1. The van der Waals surface area contributed by atoms with Gasteiger partial charge in [-0.25, -0.2) is 0 Å². The summed E-state index contributed by atoms with van der Waals surface area (Å²) in [6, 6.07) is 6.78. The van der Waals surface area contributed by atoms with Crippen LogP contribution in [0.4, 0.5) is 5.69 Å². The lowest BCUT2D eigenvalue weighted by atomic mass is 10.2. The van der Waals surface area contributed by atoms with Crippen molar-refractivity contribution in [2.24, 2.45) is 0 Å². The number of halogens is 1. The standard InChI is InChI=1S/C18H22ClN3O5/c1-20(15(23)4-3-5-18(26)27-2)10-16(24)21-11-17(25)22(12-21)14-8-6-13(19)7-9-14/h6-9H,3-5,10-12H2,1-2H3. The molecule has 146 valence electrons. The van der Waals surface area contributed by atoms with Gasteiger partial charge in [0.05, 0.1) is 13.7 Å². The smallest absolute Gasteiger partial charge is 0.305 e. The van der Waals surface area contributed by atoms with Crippen LogP contribution in [-0.2, 0) is 23.9 Å². The predicted molar refractivity (Wildman–Crippen MR) is 99.0 cm³/mol. The van der Waals surface area contributed by atoms with Crippen molar-refractivity contribution in [1.29, 1.82) is 0 Å². The molecule has 2 rings (SSSR count). The Morgan fingerprint density at radius 1 is 1.19 bits per heavy atom. The van der Waals surface area contributed by atoms with Crippen LogP contribution in [0, 0.1) is 0 Å².